The van der Waals surface area contributed by atoms with Crippen molar-refractivity contribution in [3.05, 3.63) is 89.1 Å². The summed E-state index contributed by atoms with van der Waals surface area (Å²) in [6, 6.07) is 24.9. The Morgan fingerprint density at radius 1 is 0.857 bits per heavy atom. The van der Waals surface area contributed by atoms with E-state index in [0.29, 0.717) is 17.5 Å². The third kappa shape index (κ3) is 6.43. The van der Waals surface area contributed by atoms with E-state index in [9.17, 15) is 5.26 Å². The van der Waals surface area contributed by atoms with Gasteiger partial charge in [-0.1, -0.05) is 44.2 Å². The zero-order valence-corrected chi connectivity index (χ0v) is 29.4. The van der Waals surface area contributed by atoms with Crippen molar-refractivity contribution in [3.63, 3.8) is 0 Å². The smallest absolute Gasteiger partial charge is 0.101 e. The Morgan fingerprint density at radius 2 is 1.65 bits per heavy atom. The van der Waals surface area contributed by atoms with Crippen LogP contribution in [0.3, 0.4) is 0 Å². The van der Waals surface area contributed by atoms with Crippen LogP contribution in [0.1, 0.15) is 55.9 Å². The molecule has 1 aliphatic carbocycles. The summed E-state index contributed by atoms with van der Waals surface area (Å²) < 4.78 is 6.50. The van der Waals surface area contributed by atoms with Gasteiger partial charge in [-0.15, -0.1) is 0 Å². The predicted octanol–water partition coefficient (Wildman–Crippen LogP) is 6.76. The monoisotopic (exact) mass is 654 g/mol. The second-order valence-electron chi connectivity index (χ2n) is 15.2. The fourth-order valence-electron chi connectivity index (χ4n) is 9.13. The van der Waals surface area contributed by atoms with Crippen LogP contribution in [0.25, 0.3) is 22.0 Å². The molecule has 7 nitrogen and oxygen atoms in total. The van der Waals surface area contributed by atoms with Gasteiger partial charge in [-0.05, 0) is 96.7 Å². The summed E-state index contributed by atoms with van der Waals surface area (Å²) in [6.45, 7) is 16.3. The molecule has 0 radical (unpaired) electrons. The molecule has 0 spiro atoms. The van der Waals surface area contributed by atoms with Crippen LogP contribution in [-0.4, -0.2) is 91.9 Å². The van der Waals surface area contributed by atoms with Gasteiger partial charge in [0.25, 0.3) is 0 Å². The summed E-state index contributed by atoms with van der Waals surface area (Å²) in [6.07, 6.45) is 6.79. The Morgan fingerprint density at radius 3 is 2.45 bits per heavy atom. The Bertz CT molecular complexity index is 1850. The number of piperidine rings is 1. The van der Waals surface area contributed by atoms with E-state index in [0.717, 1.165) is 88.3 Å². The minimum Gasteiger partial charge on any atom is -0.371 e. The SMILES string of the molecule is CC(C)Cc1c(N2CCC(N3CCN(C[C@H]4CN(c5ccc(C#N)c6ncccc56)C[C@@H](C)O4)CC3)CC2)ccc2c1Cc1ccccc1-2. The van der Waals surface area contributed by atoms with Crippen LogP contribution >= 0.6 is 0 Å². The number of nitriles is 1. The fraction of sp³-hybridized carbons (Fsp3) is 0.476. The average Bonchev–Trinajstić information content (AvgIpc) is 3.51. The molecule has 3 aliphatic heterocycles. The van der Waals surface area contributed by atoms with Gasteiger partial charge in [0.05, 0.1) is 23.3 Å². The molecule has 0 bridgehead atoms. The van der Waals surface area contributed by atoms with E-state index in [1.54, 1.807) is 17.3 Å². The lowest BCUT2D eigenvalue weighted by atomic mass is 9.91. The van der Waals surface area contributed by atoms with Gasteiger partial charge in [0.1, 0.15) is 6.07 Å². The van der Waals surface area contributed by atoms with Gasteiger partial charge in [0.15, 0.2) is 0 Å². The molecule has 4 heterocycles. The van der Waals surface area contributed by atoms with Gasteiger partial charge >= 0.3 is 0 Å². The molecule has 49 heavy (non-hydrogen) atoms. The van der Waals surface area contributed by atoms with Crippen molar-refractivity contribution in [1.82, 2.24) is 14.8 Å². The minimum absolute atomic E-state index is 0.148. The Labute approximate surface area is 292 Å². The second kappa shape index (κ2) is 13.7. The van der Waals surface area contributed by atoms with Crippen LogP contribution in [0.4, 0.5) is 11.4 Å². The molecule has 3 fully saturated rings. The van der Waals surface area contributed by atoms with E-state index in [1.807, 2.05) is 12.1 Å². The van der Waals surface area contributed by atoms with Crippen LogP contribution in [0, 0.1) is 17.2 Å². The number of nitrogens with zero attached hydrogens (tertiary/aromatic N) is 6. The zero-order chi connectivity index (χ0) is 33.5. The van der Waals surface area contributed by atoms with E-state index in [1.165, 1.54) is 35.2 Å². The molecule has 0 N–H and O–H groups in total. The molecule has 3 saturated heterocycles. The first kappa shape index (κ1) is 32.3. The van der Waals surface area contributed by atoms with Gasteiger partial charge in [0.2, 0.25) is 0 Å². The van der Waals surface area contributed by atoms with E-state index < -0.39 is 0 Å². The number of rotatable bonds is 7. The molecule has 7 heteroatoms. The lowest BCUT2D eigenvalue weighted by molar-refractivity contribution is -0.0400. The molecule has 8 rings (SSSR count). The van der Waals surface area contributed by atoms with Crippen LogP contribution in [-0.2, 0) is 17.6 Å². The third-order valence-corrected chi connectivity index (χ3v) is 11.4. The molecular formula is C42H50N6O. The van der Waals surface area contributed by atoms with Crippen molar-refractivity contribution < 1.29 is 4.74 Å². The molecule has 3 aromatic carbocycles. The number of anilines is 2. The lowest BCUT2D eigenvalue weighted by Gasteiger charge is -2.45. The number of pyridine rings is 1. The van der Waals surface area contributed by atoms with Gasteiger partial charge in [-0.3, -0.25) is 14.8 Å². The van der Waals surface area contributed by atoms with E-state index in [-0.39, 0.29) is 12.2 Å². The van der Waals surface area contributed by atoms with Crippen molar-refractivity contribution in [3.8, 4) is 17.2 Å². The standard InChI is InChI=1S/C42H50N6O/c1-29(2)23-39-38-24-31-7-4-5-8-35(31)36(38)11-13-41(39)47-17-14-33(15-18-47)46-21-19-45(20-22-46)27-34-28-48(26-30(3)49-34)40-12-10-32(25-43)42-37(40)9-6-16-44-42/h4-13,16,29-30,33-34H,14-15,17-24,26-28H2,1-3H3/t30-,34+/m1/s1. The summed E-state index contributed by atoms with van der Waals surface area (Å²) in [5.41, 5.74) is 11.6. The summed E-state index contributed by atoms with van der Waals surface area (Å²) in [4.78, 5) is 15.1. The van der Waals surface area contributed by atoms with Crippen molar-refractivity contribution in [2.24, 2.45) is 5.92 Å². The highest BCUT2D eigenvalue weighted by Gasteiger charge is 2.33. The van der Waals surface area contributed by atoms with E-state index in [2.05, 4.69) is 100.0 Å². The molecule has 1 aromatic heterocycles. The average molecular weight is 655 g/mol. The number of hydrogen-bond acceptors (Lipinski definition) is 7. The minimum atomic E-state index is 0.148. The summed E-state index contributed by atoms with van der Waals surface area (Å²) in [7, 11) is 0. The quantitative estimate of drug-likeness (QED) is 0.192. The highest BCUT2D eigenvalue weighted by atomic mass is 16.5. The number of hydrogen-bond donors (Lipinski definition) is 0. The molecule has 254 valence electrons. The second-order valence-corrected chi connectivity index (χ2v) is 15.2. The topological polar surface area (TPSA) is 58.9 Å². The van der Waals surface area contributed by atoms with Gasteiger partial charge in [-0.25, -0.2) is 0 Å². The molecule has 4 aliphatic rings. The molecule has 0 unspecified atom stereocenters. The normalized spacial score (nSPS) is 22.0. The maximum absolute atomic E-state index is 9.62. The number of fused-ring (bicyclic) bond motifs is 4. The van der Waals surface area contributed by atoms with Gasteiger partial charge in [-0.2, -0.15) is 5.26 Å². The first-order valence-electron chi connectivity index (χ1n) is 18.6. The Balaban J connectivity index is 0.871. The summed E-state index contributed by atoms with van der Waals surface area (Å²) in [5.74, 6) is 0.640. The summed E-state index contributed by atoms with van der Waals surface area (Å²) in [5, 5.41) is 10.7. The fourth-order valence-corrected chi connectivity index (χ4v) is 9.13. The van der Waals surface area contributed by atoms with Crippen molar-refractivity contribution in [1.29, 1.82) is 5.26 Å². The largest absolute Gasteiger partial charge is 0.371 e. The molecule has 4 aromatic rings. The van der Waals surface area contributed by atoms with Gasteiger partial charge < -0.3 is 14.5 Å². The van der Waals surface area contributed by atoms with E-state index in [4.69, 9.17) is 4.74 Å². The molecule has 0 amide bonds. The number of ether oxygens (including phenoxy) is 1. The number of aromatic nitrogens is 1. The first-order valence-corrected chi connectivity index (χ1v) is 18.6. The van der Waals surface area contributed by atoms with Crippen LogP contribution < -0.4 is 9.80 Å². The summed E-state index contributed by atoms with van der Waals surface area (Å²) >= 11 is 0. The Hall–Kier alpha value is -3.96. The lowest BCUT2D eigenvalue weighted by Crippen LogP contribution is -2.56. The highest BCUT2D eigenvalue weighted by Crippen LogP contribution is 2.43. The van der Waals surface area contributed by atoms with Crippen LogP contribution in [0.2, 0.25) is 0 Å². The van der Waals surface area contributed by atoms with E-state index >= 15 is 0 Å². The Kier molecular flexibility index (Phi) is 9.05. The number of morpholine rings is 1. The van der Waals surface area contributed by atoms with Gasteiger partial charge in [0, 0.05) is 87.9 Å². The maximum Gasteiger partial charge on any atom is 0.101 e. The first-order chi connectivity index (χ1) is 23.9. The van der Waals surface area contributed by atoms with Crippen molar-refractivity contribution in [2.45, 2.75) is 64.7 Å². The highest BCUT2D eigenvalue weighted by molar-refractivity contribution is 5.95. The third-order valence-electron chi connectivity index (χ3n) is 11.4. The molecule has 0 saturated carbocycles. The van der Waals surface area contributed by atoms with Crippen LogP contribution in [0.15, 0.2) is 66.9 Å². The maximum atomic E-state index is 9.62. The van der Waals surface area contributed by atoms with Crippen molar-refractivity contribution >= 4 is 22.3 Å². The van der Waals surface area contributed by atoms with Crippen molar-refractivity contribution in [2.75, 3.05) is 68.7 Å². The molecule has 2 atom stereocenters. The van der Waals surface area contributed by atoms with Crippen LogP contribution in [0.5, 0.6) is 0 Å². The number of piperazine rings is 1. The predicted molar refractivity (Wildman–Crippen MR) is 199 cm³/mol. The molecular weight excluding hydrogens is 605 g/mol. The zero-order valence-electron chi connectivity index (χ0n) is 29.4. The number of benzene rings is 3.